The van der Waals surface area contributed by atoms with Crippen molar-refractivity contribution in [1.29, 1.82) is 0 Å². The number of nitrogens with one attached hydrogen (secondary N) is 1. The molecular formula is C13H22ClN3. The van der Waals surface area contributed by atoms with Crippen LogP contribution in [0, 0.1) is 12.8 Å². The third-order valence-corrected chi connectivity index (χ3v) is 3.84. The van der Waals surface area contributed by atoms with Crippen LogP contribution in [0.5, 0.6) is 0 Å². The van der Waals surface area contributed by atoms with Crippen LogP contribution < -0.4 is 5.32 Å². The van der Waals surface area contributed by atoms with Crippen molar-refractivity contribution in [2.24, 2.45) is 5.92 Å². The SMILES string of the molecule is Cc1nn(C2CCC2CNC(C)(C)C)cc1Cl. The third-order valence-electron chi connectivity index (χ3n) is 3.47. The lowest BCUT2D eigenvalue weighted by molar-refractivity contribution is 0.153. The van der Waals surface area contributed by atoms with E-state index in [4.69, 9.17) is 11.6 Å². The van der Waals surface area contributed by atoms with Gasteiger partial charge in [0.2, 0.25) is 0 Å². The van der Waals surface area contributed by atoms with Gasteiger partial charge in [0.1, 0.15) is 0 Å². The Morgan fingerprint density at radius 3 is 2.59 bits per heavy atom. The monoisotopic (exact) mass is 255 g/mol. The largest absolute Gasteiger partial charge is 0.312 e. The summed E-state index contributed by atoms with van der Waals surface area (Å²) in [6.07, 6.45) is 4.46. The molecular weight excluding hydrogens is 234 g/mol. The lowest BCUT2D eigenvalue weighted by Gasteiger charge is -2.38. The summed E-state index contributed by atoms with van der Waals surface area (Å²) in [5, 5.41) is 8.83. The molecule has 0 aromatic carbocycles. The summed E-state index contributed by atoms with van der Waals surface area (Å²) in [5.41, 5.74) is 1.12. The number of aromatic nitrogens is 2. The molecule has 17 heavy (non-hydrogen) atoms. The Balaban J connectivity index is 1.95. The molecule has 4 heteroatoms. The van der Waals surface area contributed by atoms with Gasteiger partial charge >= 0.3 is 0 Å². The Hall–Kier alpha value is -0.540. The van der Waals surface area contributed by atoms with Crippen molar-refractivity contribution in [2.45, 2.75) is 52.1 Å². The smallest absolute Gasteiger partial charge is 0.0815 e. The highest BCUT2D eigenvalue weighted by Crippen LogP contribution is 2.38. The molecule has 1 N–H and O–H groups in total. The van der Waals surface area contributed by atoms with Crippen molar-refractivity contribution in [3.63, 3.8) is 0 Å². The van der Waals surface area contributed by atoms with Gasteiger partial charge in [0.25, 0.3) is 0 Å². The molecule has 0 saturated heterocycles. The molecule has 1 aromatic rings. The van der Waals surface area contributed by atoms with E-state index in [0.29, 0.717) is 12.0 Å². The molecule has 1 aromatic heterocycles. The third kappa shape index (κ3) is 3.02. The Bertz CT molecular complexity index is 372. The van der Waals surface area contributed by atoms with Gasteiger partial charge in [-0.25, -0.2) is 0 Å². The molecule has 0 amide bonds. The van der Waals surface area contributed by atoms with Gasteiger partial charge < -0.3 is 5.32 Å². The first-order chi connectivity index (χ1) is 7.87. The molecule has 2 atom stereocenters. The standard InChI is InChI=1S/C13H22ClN3/c1-9-11(14)8-17(16-9)12-6-5-10(12)7-15-13(2,3)4/h8,10,12,15H,5-7H2,1-4H3. The van der Waals surface area contributed by atoms with E-state index < -0.39 is 0 Å². The van der Waals surface area contributed by atoms with Gasteiger partial charge in [0, 0.05) is 18.3 Å². The van der Waals surface area contributed by atoms with E-state index in [2.05, 4.69) is 35.9 Å². The molecule has 1 saturated carbocycles. The highest BCUT2D eigenvalue weighted by atomic mass is 35.5. The topological polar surface area (TPSA) is 29.9 Å². The summed E-state index contributed by atoms with van der Waals surface area (Å²) in [6, 6.07) is 0.524. The Morgan fingerprint density at radius 1 is 1.47 bits per heavy atom. The quantitative estimate of drug-likeness (QED) is 0.899. The van der Waals surface area contributed by atoms with E-state index in [0.717, 1.165) is 17.3 Å². The van der Waals surface area contributed by atoms with Crippen LogP contribution in [0.15, 0.2) is 6.20 Å². The molecule has 0 spiro atoms. The second kappa shape index (κ2) is 4.62. The molecule has 2 rings (SSSR count). The molecule has 2 unspecified atom stereocenters. The highest BCUT2D eigenvalue weighted by molar-refractivity contribution is 6.31. The van der Waals surface area contributed by atoms with Crippen molar-refractivity contribution in [2.75, 3.05) is 6.54 Å². The van der Waals surface area contributed by atoms with E-state index in [1.54, 1.807) is 0 Å². The fourth-order valence-electron chi connectivity index (χ4n) is 2.20. The normalized spacial score (nSPS) is 24.8. The van der Waals surface area contributed by atoms with Gasteiger partial charge in [0.15, 0.2) is 0 Å². The van der Waals surface area contributed by atoms with Crippen molar-refractivity contribution in [3.05, 3.63) is 16.9 Å². The lowest BCUT2D eigenvalue weighted by Crippen LogP contribution is -2.44. The summed E-state index contributed by atoms with van der Waals surface area (Å²) in [7, 11) is 0. The zero-order valence-corrected chi connectivity index (χ0v) is 11.9. The molecule has 1 aliphatic rings. The lowest BCUT2D eigenvalue weighted by atomic mass is 9.79. The maximum atomic E-state index is 6.05. The second-order valence-corrected chi connectivity index (χ2v) is 6.49. The second-order valence-electron chi connectivity index (χ2n) is 6.08. The predicted octanol–water partition coefficient (Wildman–Crippen LogP) is 3.18. The highest BCUT2D eigenvalue weighted by Gasteiger charge is 2.33. The van der Waals surface area contributed by atoms with Crippen molar-refractivity contribution in [1.82, 2.24) is 15.1 Å². The molecule has 96 valence electrons. The van der Waals surface area contributed by atoms with Crippen LogP contribution in [0.3, 0.4) is 0 Å². The zero-order chi connectivity index (χ0) is 12.6. The van der Waals surface area contributed by atoms with E-state index in [1.807, 2.05) is 13.1 Å². The zero-order valence-electron chi connectivity index (χ0n) is 11.1. The average Bonchev–Trinajstić information content (AvgIpc) is 2.42. The van der Waals surface area contributed by atoms with Crippen LogP contribution in [0.1, 0.15) is 45.3 Å². The van der Waals surface area contributed by atoms with Gasteiger partial charge in [-0.15, -0.1) is 0 Å². The molecule has 1 fully saturated rings. The van der Waals surface area contributed by atoms with Gasteiger partial charge in [-0.1, -0.05) is 11.6 Å². The minimum Gasteiger partial charge on any atom is -0.312 e. The Kier molecular flexibility index (Phi) is 3.50. The van der Waals surface area contributed by atoms with E-state index in [1.165, 1.54) is 12.8 Å². The maximum absolute atomic E-state index is 6.05. The first-order valence-corrected chi connectivity index (χ1v) is 6.71. The van der Waals surface area contributed by atoms with Crippen molar-refractivity contribution >= 4 is 11.6 Å². The minimum absolute atomic E-state index is 0.192. The van der Waals surface area contributed by atoms with Crippen molar-refractivity contribution in [3.8, 4) is 0 Å². The van der Waals surface area contributed by atoms with Crippen molar-refractivity contribution < 1.29 is 0 Å². The molecule has 0 aliphatic heterocycles. The minimum atomic E-state index is 0.192. The van der Waals surface area contributed by atoms with Gasteiger partial charge in [-0.2, -0.15) is 5.10 Å². The summed E-state index contributed by atoms with van der Waals surface area (Å²) in [6.45, 7) is 9.63. The van der Waals surface area contributed by atoms with Crippen LogP contribution in [0.25, 0.3) is 0 Å². The number of rotatable bonds is 3. The fourth-order valence-corrected chi connectivity index (χ4v) is 2.34. The fraction of sp³-hybridized carbons (Fsp3) is 0.769. The number of hydrogen-bond donors (Lipinski definition) is 1. The molecule has 0 bridgehead atoms. The first kappa shape index (κ1) is 12.9. The average molecular weight is 256 g/mol. The van der Waals surface area contributed by atoms with E-state index in [9.17, 15) is 0 Å². The van der Waals surface area contributed by atoms with Crippen LogP contribution in [0.2, 0.25) is 5.02 Å². The summed E-state index contributed by atoms with van der Waals surface area (Å²) in [4.78, 5) is 0. The van der Waals surface area contributed by atoms with Gasteiger partial charge in [-0.3, -0.25) is 4.68 Å². The number of nitrogens with zero attached hydrogens (tertiary/aromatic N) is 2. The van der Waals surface area contributed by atoms with Crippen LogP contribution in [-0.2, 0) is 0 Å². The molecule has 1 heterocycles. The summed E-state index contributed by atoms with van der Waals surface area (Å²) < 4.78 is 2.05. The summed E-state index contributed by atoms with van der Waals surface area (Å²) >= 11 is 6.05. The number of aryl methyl sites for hydroxylation is 1. The van der Waals surface area contributed by atoms with Gasteiger partial charge in [0.05, 0.1) is 16.8 Å². The number of halogens is 1. The first-order valence-electron chi connectivity index (χ1n) is 6.33. The van der Waals surface area contributed by atoms with Crippen LogP contribution in [0.4, 0.5) is 0 Å². The maximum Gasteiger partial charge on any atom is 0.0815 e. The predicted molar refractivity (Wildman–Crippen MR) is 71.5 cm³/mol. The van der Waals surface area contributed by atoms with E-state index >= 15 is 0 Å². The molecule has 0 radical (unpaired) electrons. The van der Waals surface area contributed by atoms with Gasteiger partial charge in [-0.05, 0) is 46.5 Å². The molecule has 1 aliphatic carbocycles. The number of hydrogen-bond acceptors (Lipinski definition) is 2. The Morgan fingerprint density at radius 2 is 2.18 bits per heavy atom. The van der Waals surface area contributed by atoms with E-state index in [-0.39, 0.29) is 5.54 Å². The summed E-state index contributed by atoms with van der Waals surface area (Å²) in [5.74, 6) is 0.685. The van der Waals surface area contributed by atoms with Crippen LogP contribution >= 0.6 is 11.6 Å². The Labute approximate surface area is 109 Å². The molecule has 3 nitrogen and oxygen atoms in total. The van der Waals surface area contributed by atoms with Crippen LogP contribution in [-0.4, -0.2) is 21.9 Å².